The molecule has 1 aromatic heterocycles. The molecule has 0 unspecified atom stereocenters. The van der Waals surface area contributed by atoms with Crippen molar-refractivity contribution in [3.63, 3.8) is 0 Å². The minimum atomic E-state index is -1.06. The first-order valence-electron chi connectivity index (χ1n) is 6.98. The highest BCUT2D eigenvalue weighted by Gasteiger charge is 2.13. The number of carbonyl (C=O) groups is 2. The number of halogens is 2. The minimum absolute atomic E-state index is 0.102. The molecule has 0 aliphatic heterocycles. The fourth-order valence-corrected chi connectivity index (χ4v) is 2.24. The second-order valence-corrected chi connectivity index (χ2v) is 5.70. The van der Waals surface area contributed by atoms with Gasteiger partial charge in [0.1, 0.15) is 6.61 Å². The third kappa shape index (κ3) is 4.70. The predicted molar refractivity (Wildman–Crippen MR) is 89.1 cm³/mol. The van der Waals surface area contributed by atoms with Crippen molar-refractivity contribution in [2.45, 2.75) is 6.92 Å². The van der Waals surface area contributed by atoms with Crippen LogP contribution in [0.3, 0.4) is 0 Å². The fourth-order valence-electron chi connectivity index (χ4n) is 1.95. The van der Waals surface area contributed by atoms with Crippen LogP contribution >= 0.6 is 23.2 Å². The zero-order valence-corrected chi connectivity index (χ0v) is 14.3. The molecule has 0 aliphatic carbocycles. The minimum Gasteiger partial charge on any atom is -0.480 e. The van der Waals surface area contributed by atoms with Gasteiger partial charge in [0, 0.05) is 12.2 Å². The number of benzene rings is 1. The van der Waals surface area contributed by atoms with Crippen LogP contribution in [0.5, 0.6) is 0 Å². The molecule has 1 aromatic carbocycles. The molecule has 0 fully saturated rings. The Balaban J connectivity index is 2.01. The van der Waals surface area contributed by atoms with Gasteiger partial charge in [0.05, 0.1) is 22.3 Å². The van der Waals surface area contributed by atoms with Gasteiger partial charge in [-0.1, -0.05) is 23.2 Å². The lowest BCUT2D eigenvalue weighted by Gasteiger charge is -2.05. The van der Waals surface area contributed by atoms with E-state index in [1.165, 1.54) is 0 Å². The van der Waals surface area contributed by atoms with Crippen molar-refractivity contribution in [1.29, 1.82) is 0 Å². The first-order valence-corrected chi connectivity index (χ1v) is 7.74. The summed E-state index contributed by atoms with van der Waals surface area (Å²) in [6.07, 6.45) is 0. The standard InChI is InChI=1S/C15H15Cl2N3O4/c1-9-6-13(15(23)18-4-5-24-8-14(21)22)19-20(9)10-2-3-11(16)12(17)7-10/h2-3,6-7H,4-5,8H2,1H3,(H,18,23)(H,21,22). The van der Waals surface area contributed by atoms with Crippen molar-refractivity contribution < 1.29 is 19.4 Å². The summed E-state index contributed by atoms with van der Waals surface area (Å²) >= 11 is 11.9. The van der Waals surface area contributed by atoms with E-state index in [0.29, 0.717) is 15.7 Å². The number of carbonyl (C=O) groups excluding carboxylic acids is 1. The van der Waals surface area contributed by atoms with Crippen LogP contribution in [0.4, 0.5) is 0 Å². The van der Waals surface area contributed by atoms with Crippen LogP contribution in [0.15, 0.2) is 24.3 Å². The molecule has 0 radical (unpaired) electrons. The summed E-state index contributed by atoms with van der Waals surface area (Å²) in [7, 11) is 0. The second kappa shape index (κ2) is 8.14. The number of nitrogens with zero attached hydrogens (tertiary/aromatic N) is 2. The maximum Gasteiger partial charge on any atom is 0.329 e. The number of nitrogens with one attached hydrogen (secondary N) is 1. The third-order valence-electron chi connectivity index (χ3n) is 3.03. The zero-order valence-electron chi connectivity index (χ0n) is 12.8. The lowest BCUT2D eigenvalue weighted by Crippen LogP contribution is -2.28. The van der Waals surface area contributed by atoms with E-state index < -0.39 is 12.6 Å². The fraction of sp³-hybridized carbons (Fsp3) is 0.267. The molecule has 0 atom stereocenters. The Labute approximate surface area is 148 Å². The average molecular weight is 372 g/mol. The molecular weight excluding hydrogens is 357 g/mol. The summed E-state index contributed by atoms with van der Waals surface area (Å²) in [4.78, 5) is 22.3. The Bertz CT molecular complexity index is 761. The monoisotopic (exact) mass is 371 g/mol. The summed E-state index contributed by atoms with van der Waals surface area (Å²) in [5.74, 6) is -1.44. The molecule has 2 N–H and O–H groups in total. The normalized spacial score (nSPS) is 10.6. The molecule has 0 bridgehead atoms. The largest absolute Gasteiger partial charge is 0.480 e. The third-order valence-corrected chi connectivity index (χ3v) is 3.76. The van der Waals surface area contributed by atoms with Gasteiger partial charge in [-0.15, -0.1) is 0 Å². The summed E-state index contributed by atoms with van der Waals surface area (Å²) in [5.41, 5.74) is 1.67. The number of aromatic nitrogens is 2. The Hall–Kier alpha value is -2.09. The Kier molecular flexibility index (Phi) is 6.19. The van der Waals surface area contributed by atoms with Crippen LogP contribution in [-0.4, -0.2) is 46.5 Å². The van der Waals surface area contributed by atoms with Crippen molar-refractivity contribution in [3.8, 4) is 5.69 Å². The lowest BCUT2D eigenvalue weighted by atomic mass is 10.3. The van der Waals surface area contributed by atoms with Crippen LogP contribution in [0, 0.1) is 6.92 Å². The average Bonchev–Trinajstić information content (AvgIpc) is 2.91. The van der Waals surface area contributed by atoms with Crippen LogP contribution < -0.4 is 5.32 Å². The molecule has 0 aliphatic rings. The van der Waals surface area contributed by atoms with E-state index in [-0.39, 0.29) is 24.8 Å². The van der Waals surface area contributed by atoms with Gasteiger partial charge < -0.3 is 15.2 Å². The number of amides is 1. The summed E-state index contributed by atoms with van der Waals surface area (Å²) in [6, 6.07) is 6.69. The van der Waals surface area contributed by atoms with Gasteiger partial charge in [0.2, 0.25) is 0 Å². The van der Waals surface area contributed by atoms with Gasteiger partial charge in [-0.05, 0) is 31.2 Å². The highest BCUT2D eigenvalue weighted by atomic mass is 35.5. The number of ether oxygens (including phenoxy) is 1. The maximum absolute atomic E-state index is 12.1. The number of hydrogen-bond donors (Lipinski definition) is 2. The first-order chi connectivity index (χ1) is 11.4. The van der Waals surface area contributed by atoms with Crippen LogP contribution in [0.1, 0.15) is 16.2 Å². The van der Waals surface area contributed by atoms with Crippen molar-refractivity contribution in [2.75, 3.05) is 19.8 Å². The van der Waals surface area contributed by atoms with Crippen molar-refractivity contribution >= 4 is 35.1 Å². The van der Waals surface area contributed by atoms with Gasteiger partial charge in [-0.2, -0.15) is 5.10 Å². The molecule has 0 saturated carbocycles. The SMILES string of the molecule is Cc1cc(C(=O)NCCOCC(=O)O)nn1-c1ccc(Cl)c(Cl)c1. The van der Waals surface area contributed by atoms with Crippen molar-refractivity contribution in [3.05, 3.63) is 45.7 Å². The van der Waals surface area contributed by atoms with E-state index in [2.05, 4.69) is 10.4 Å². The number of carboxylic acids is 1. The van der Waals surface area contributed by atoms with Crippen LogP contribution in [-0.2, 0) is 9.53 Å². The molecule has 128 valence electrons. The van der Waals surface area contributed by atoms with Crippen molar-refractivity contribution in [2.24, 2.45) is 0 Å². The summed E-state index contributed by atoms with van der Waals surface area (Å²) in [6.45, 7) is 1.69. The van der Waals surface area contributed by atoms with E-state index in [9.17, 15) is 9.59 Å². The summed E-state index contributed by atoms with van der Waals surface area (Å²) < 4.78 is 6.42. The van der Waals surface area contributed by atoms with E-state index in [4.69, 9.17) is 33.0 Å². The number of hydrogen-bond acceptors (Lipinski definition) is 4. The number of rotatable bonds is 7. The molecular formula is C15H15Cl2N3O4. The molecule has 2 rings (SSSR count). The van der Waals surface area contributed by atoms with Gasteiger partial charge in [0.25, 0.3) is 5.91 Å². The molecule has 7 nitrogen and oxygen atoms in total. The van der Waals surface area contributed by atoms with E-state index in [1.54, 1.807) is 28.9 Å². The second-order valence-electron chi connectivity index (χ2n) is 4.88. The van der Waals surface area contributed by atoms with E-state index in [0.717, 1.165) is 5.69 Å². The molecule has 1 amide bonds. The van der Waals surface area contributed by atoms with E-state index >= 15 is 0 Å². The quantitative estimate of drug-likeness (QED) is 0.728. The molecule has 0 saturated heterocycles. The van der Waals surface area contributed by atoms with Gasteiger partial charge in [-0.25, -0.2) is 9.48 Å². The van der Waals surface area contributed by atoms with Crippen molar-refractivity contribution in [1.82, 2.24) is 15.1 Å². The Morgan fingerprint density at radius 1 is 1.29 bits per heavy atom. The van der Waals surface area contributed by atoms with Crippen LogP contribution in [0.2, 0.25) is 10.0 Å². The number of aliphatic carboxylic acids is 1. The first kappa shape index (κ1) is 18.3. The highest BCUT2D eigenvalue weighted by molar-refractivity contribution is 6.42. The topological polar surface area (TPSA) is 93.4 Å². The number of aryl methyl sites for hydroxylation is 1. The Morgan fingerprint density at radius 2 is 2.04 bits per heavy atom. The molecule has 0 spiro atoms. The van der Waals surface area contributed by atoms with Gasteiger partial charge in [-0.3, -0.25) is 4.79 Å². The lowest BCUT2D eigenvalue weighted by molar-refractivity contribution is -0.142. The number of carboxylic acid groups (broad SMARTS) is 1. The highest BCUT2D eigenvalue weighted by Crippen LogP contribution is 2.25. The Morgan fingerprint density at radius 3 is 2.71 bits per heavy atom. The van der Waals surface area contributed by atoms with E-state index in [1.807, 2.05) is 6.92 Å². The summed E-state index contributed by atoms with van der Waals surface area (Å²) in [5, 5.41) is 16.1. The van der Waals surface area contributed by atoms with Gasteiger partial charge in [0.15, 0.2) is 5.69 Å². The smallest absolute Gasteiger partial charge is 0.329 e. The molecule has 2 aromatic rings. The zero-order chi connectivity index (χ0) is 17.7. The molecule has 1 heterocycles. The maximum atomic E-state index is 12.1. The predicted octanol–water partition coefficient (Wildman–Crippen LogP) is 2.32. The van der Waals surface area contributed by atoms with Crippen LogP contribution in [0.25, 0.3) is 5.69 Å². The molecule has 24 heavy (non-hydrogen) atoms. The van der Waals surface area contributed by atoms with Gasteiger partial charge >= 0.3 is 5.97 Å². The molecule has 9 heteroatoms.